The summed E-state index contributed by atoms with van der Waals surface area (Å²) in [7, 11) is 0. The van der Waals surface area contributed by atoms with Crippen molar-refractivity contribution in [3.8, 4) is 0 Å². The maximum Gasteiger partial charge on any atom is 0.332 e. The van der Waals surface area contributed by atoms with E-state index in [9.17, 15) is 9.59 Å². The van der Waals surface area contributed by atoms with Crippen molar-refractivity contribution in [2.45, 2.75) is 58.5 Å². The van der Waals surface area contributed by atoms with Gasteiger partial charge in [-0.3, -0.25) is 4.79 Å². The van der Waals surface area contributed by atoms with E-state index in [0.29, 0.717) is 12.2 Å². The summed E-state index contributed by atoms with van der Waals surface area (Å²) in [5, 5.41) is 0. The van der Waals surface area contributed by atoms with Crippen LogP contribution in [0, 0.1) is 0 Å². The van der Waals surface area contributed by atoms with Gasteiger partial charge in [-0.1, -0.05) is 87.5 Å². The molecule has 1 aliphatic heterocycles. The Hall–Kier alpha value is -3.40. The van der Waals surface area contributed by atoms with Crippen molar-refractivity contribution in [1.82, 2.24) is 4.90 Å². The van der Waals surface area contributed by atoms with E-state index in [1.807, 2.05) is 74.5 Å². The molecule has 0 aliphatic carbocycles. The second-order valence-electron chi connectivity index (χ2n) is 10.3. The maximum absolute atomic E-state index is 13.5. The Morgan fingerprint density at radius 3 is 1.94 bits per heavy atom. The lowest BCUT2D eigenvalue weighted by Crippen LogP contribution is -2.43. The van der Waals surface area contributed by atoms with Crippen LogP contribution in [0.5, 0.6) is 0 Å². The first kappa shape index (κ1) is 22.8. The molecule has 1 heterocycles. The highest BCUT2D eigenvalue weighted by Gasteiger charge is 2.51. The fourth-order valence-electron chi connectivity index (χ4n) is 4.31. The number of urea groups is 1. The number of amides is 3. The highest BCUT2D eigenvalue weighted by molar-refractivity contribution is 6.22. The standard InChI is InChI=1S/C29H32N2O2/c1-28(2,3)24-15-17-25(18-16-24)31-26(32)29(4,5)30(27(31)33)20-23-14-10-9-13-22(23)19-21-11-7-6-8-12-21/h6-18H,19-20H2,1-5H3. The van der Waals surface area contributed by atoms with Crippen LogP contribution in [0.2, 0.25) is 0 Å². The lowest BCUT2D eigenvalue weighted by molar-refractivity contribution is -0.123. The Bertz CT molecular complexity index is 1160. The highest BCUT2D eigenvalue weighted by Crippen LogP contribution is 2.35. The number of hydrogen-bond donors (Lipinski definition) is 0. The van der Waals surface area contributed by atoms with Gasteiger partial charge in [-0.2, -0.15) is 0 Å². The van der Waals surface area contributed by atoms with Gasteiger partial charge in [0.15, 0.2) is 0 Å². The Labute approximate surface area is 196 Å². The molecular formula is C29H32N2O2. The fourth-order valence-corrected chi connectivity index (χ4v) is 4.31. The minimum absolute atomic E-state index is 0.00528. The Balaban J connectivity index is 1.62. The predicted molar refractivity (Wildman–Crippen MR) is 133 cm³/mol. The molecule has 33 heavy (non-hydrogen) atoms. The predicted octanol–water partition coefficient (Wildman–Crippen LogP) is 6.32. The van der Waals surface area contributed by atoms with Crippen LogP contribution in [0.3, 0.4) is 0 Å². The highest BCUT2D eigenvalue weighted by atomic mass is 16.2. The summed E-state index contributed by atoms with van der Waals surface area (Å²) >= 11 is 0. The Morgan fingerprint density at radius 2 is 1.33 bits per heavy atom. The van der Waals surface area contributed by atoms with Crippen molar-refractivity contribution in [1.29, 1.82) is 0 Å². The van der Waals surface area contributed by atoms with Gasteiger partial charge in [-0.25, -0.2) is 9.69 Å². The summed E-state index contributed by atoms with van der Waals surface area (Å²) in [6, 6.07) is 25.9. The largest absolute Gasteiger partial charge is 0.332 e. The van der Waals surface area contributed by atoms with E-state index in [-0.39, 0.29) is 17.4 Å². The average molecular weight is 441 g/mol. The molecule has 0 spiro atoms. The summed E-state index contributed by atoms with van der Waals surface area (Å²) in [4.78, 5) is 29.9. The SMILES string of the molecule is CC(C)(C)c1ccc(N2C(=O)N(Cc3ccccc3Cc3ccccc3)C(C)(C)C2=O)cc1. The van der Waals surface area contributed by atoms with E-state index in [1.54, 1.807) is 4.90 Å². The van der Waals surface area contributed by atoms with Gasteiger partial charge in [0, 0.05) is 6.54 Å². The van der Waals surface area contributed by atoms with E-state index in [0.717, 1.165) is 23.1 Å². The Kier molecular flexibility index (Phi) is 5.87. The quantitative estimate of drug-likeness (QED) is 0.436. The number of carbonyl (C=O) groups excluding carboxylic acids is 2. The minimum Gasteiger partial charge on any atom is -0.305 e. The lowest BCUT2D eigenvalue weighted by atomic mass is 9.87. The van der Waals surface area contributed by atoms with Crippen LogP contribution in [-0.2, 0) is 23.2 Å². The van der Waals surface area contributed by atoms with E-state index in [4.69, 9.17) is 0 Å². The molecule has 4 nitrogen and oxygen atoms in total. The number of carbonyl (C=O) groups is 2. The van der Waals surface area contributed by atoms with Crippen molar-refractivity contribution in [3.63, 3.8) is 0 Å². The van der Waals surface area contributed by atoms with Gasteiger partial charge in [0.2, 0.25) is 0 Å². The van der Waals surface area contributed by atoms with Gasteiger partial charge in [0.25, 0.3) is 5.91 Å². The zero-order valence-corrected chi connectivity index (χ0v) is 20.1. The van der Waals surface area contributed by atoms with Crippen LogP contribution in [0.1, 0.15) is 56.9 Å². The van der Waals surface area contributed by atoms with Crippen LogP contribution in [-0.4, -0.2) is 22.4 Å². The van der Waals surface area contributed by atoms with E-state index in [2.05, 4.69) is 39.0 Å². The number of rotatable bonds is 5. The summed E-state index contributed by atoms with van der Waals surface area (Å²) < 4.78 is 0. The zero-order valence-electron chi connectivity index (χ0n) is 20.1. The third-order valence-electron chi connectivity index (χ3n) is 6.50. The smallest absolute Gasteiger partial charge is 0.305 e. The second kappa shape index (κ2) is 8.51. The van der Waals surface area contributed by atoms with Crippen molar-refractivity contribution >= 4 is 17.6 Å². The Morgan fingerprint density at radius 1 is 0.758 bits per heavy atom. The summed E-state index contributed by atoms with van der Waals surface area (Å²) in [6.45, 7) is 10.5. The molecule has 4 heteroatoms. The van der Waals surface area contributed by atoms with Crippen molar-refractivity contribution in [2.24, 2.45) is 0 Å². The summed E-state index contributed by atoms with van der Waals surface area (Å²) in [5.74, 6) is -0.198. The van der Waals surface area contributed by atoms with E-state index in [1.165, 1.54) is 10.5 Å². The molecule has 0 atom stereocenters. The fraction of sp³-hybridized carbons (Fsp3) is 0.310. The van der Waals surface area contributed by atoms with Crippen molar-refractivity contribution in [2.75, 3.05) is 4.90 Å². The molecule has 0 unspecified atom stereocenters. The van der Waals surface area contributed by atoms with Crippen LogP contribution in [0.4, 0.5) is 10.5 Å². The molecule has 1 fully saturated rings. The molecule has 0 saturated carbocycles. The number of nitrogens with zero attached hydrogens (tertiary/aromatic N) is 2. The normalized spacial score (nSPS) is 15.9. The van der Waals surface area contributed by atoms with Crippen LogP contribution >= 0.6 is 0 Å². The van der Waals surface area contributed by atoms with Gasteiger partial charge in [0.05, 0.1) is 5.69 Å². The second-order valence-corrected chi connectivity index (χ2v) is 10.3. The first-order valence-corrected chi connectivity index (χ1v) is 11.5. The molecule has 0 radical (unpaired) electrons. The molecule has 1 saturated heterocycles. The maximum atomic E-state index is 13.5. The van der Waals surface area contributed by atoms with Crippen LogP contribution < -0.4 is 4.90 Å². The van der Waals surface area contributed by atoms with E-state index < -0.39 is 5.54 Å². The third kappa shape index (κ3) is 4.43. The zero-order chi connectivity index (χ0) is 23.8. The van der Waals surface area contributed by atoms with Gasteiger partial charge >= 0.3 is 6.03 Å². The van der Waals surface area contributed by atoms with Crippen molar-refractivity contribution < 1.29 is 9.59 Å². The van der Waals surface area contributed by atoms with Gasteiger partial charge < -0.3 is 4.90 Å². The number of hydrogen-bond acceptors (Lipinski definition) is 2. The summed E-state index contributed by atoms with van der Waals surface area (Å²) in [5.41, 5.74) is 4.29. The molecule has 3 aromatic rings. The van der Waals surface area contributed by atoms with E-state index >= 15 is 0 Å². The van der Waals surface area contributed by atoms with Crippen molar-refractivity contribution in [3.05, 3.63) is 101 Å². The summed E-state index contributed by atoms with van der Waals surface area (Å²) in [6.07, 6.45) is 0.783. The molecule has 0 bridgehead atoms. The van der Waals surface area contributed by atoms with Gasteiger partial charge in [-0.05, 0) is 60.1 Å². The molecule has 0 N–H and O–H groups in total. The average Bonchev–Trinajstić information content (AvgIpc) is 2.94. The number of benzene rings is 3. The molecule has 170 valence electrons. The third-order valence-corrected chi connectivity index (χ3v) is 6.50. The lowest BCUT2D eigenvalue weighted by Gasteiger charge is -2.28. The first-order valence-electron chi connectivity index (χ1n) is 11.5. The topological polar surface area (TPSA) is 40.6 Å². The molecule has 1 aliphatic rings. The van der Waals surface area contributed by atoms with Crippen LogP contribution in [0.15, 0.2) is 78.9 Å². The number of imide groups is 1. The molecule has 3 aromatic carbocycles. The van der Waals surface area contributed by atoms with Gasteiger partial charge in [0.1, 0.15) is 5.54 Å². The number of anilines is 1. The molecule has 0 aromatic heterocycles. The first-order chi connectivity index (χ1) is 15.6. The van der Waals surface area contributed by atoms with Crippen LogP contribution in [0.25, 0.3) is 0 Å². The molecular weight excluding hydrogens is 408 g/mol. The van der Waals surface area contributed by atoms with Gasteiger partial charge in [-0.15, -0.1) is 0 Å². The monoisotopic (exact) mass is 440 g/mol. The minimum atomic E-state index is -0.931. The molecule has 4 rings (SSSR count). The molecule has 3 amide bonds.